The molecule has 2 heterocycles. The van der Waals surface area contributed by atoms with E-state index in [4.69, 9.17) is 11.6 Å². The van der Waals surface area contributed by atoms with Gasteiger partial charge in [0.25, 0.3) is 0 Å². The molecule has 0 spiro atoms. The standard InChI is InChI=1S/C19H12ClN3/c20-19-22-16-9-5-4-8-15(16)18(23-19)17-11-10-14(12-21-17)13-6-2-1-3-7-13/h1-12H. The van der Waals surface area contributed by atoms with Crippen LogP contribution in [0.1, 0.15) is 0 Å². The minimum Gasteiger partial charge on any atom is -0.254 e. The molecule has 110 valence electrons. The fourth-order valence-corrected chi connectivity index (χ4v) is 2.75. The van der Waals surface area contributed by atoms with E-state index in [9.17, 15) is 0 Å². The number of pyridine rings is 1. The van der Waals surface area contributed by atoms with Gasteiger partial charge in [-0.1, -0.05) is 54.6 Å². The quantitative estimate of drug-likeness (QED) is 0.488. The molecule has 2 aromatic heterocycles. The Morgan fingerprint density at radius 3 is 2.26 bits per heavy atom. The first-order valence-electron chi connectivity index (χ1n) is 7.25. The minimum absolute atomic E-state index is 0.229. The molecule has 23 heavy (non-hydrogen) atoms. The smallest absolute Gasteiger partial charge is 0.223 e. The van der Waals surface area contributed by atoms with Gasteiger partial charge in [0.15, 0.2) is 0 Å². The van der Waals surface area contributed by atoms with Crippen molar-refractivity contribution in [2.45, 2.75) is 0 Å². The van der Waals surface area contributed by atoms with Crippen molar-refractivity contribution in [3.63, 3.8) is 0 Å². The summed E-state index contributed by atoms with van der Waals surface area (Å²) in [4.78, 5) is 13.2. The lowest BCUT2D eigenvalue weighted by Crippen LogP contribution is -1.93. The van der Waals surface area contributed by atoms with Crippen LogP contribution in [0.2, 0.25) is 5.28 Å². The van der Waals surface area contributed by atoms with Crippen LogP contribution < -0.4 is 0 Å². The van der Waals surface area contributed by atoms with Crippen LogP contribution in [-0.4, -0.2) is 15.0 Å². The third-order valence-corrected chi connectivity index (χ3v) is 3.86. The lowest BCUT2D eigenvalue weighted by atomic mass is 10.1. The average Bonchev–Trinajstić information content (AvgIpc) is 2.62. The van der Waals surface area contributed by atoms with E-state index in [2.05, 4.69) is 27.1 Å². The molecule has 0 amide bonds. The van der Waals surface area contributed by atoms with E-state index in [-0.39, 0.29) is 5.28 Å². The number of rotatable bonds is 2. The number of hydrogen-bond acceptors (Lipinski definition) is 3. The van der Waals surface area contributed by atoms with Crippen molar-refractivity contribution >= 4 is 22.5 Å². The molecule has 0 saturated heterocycles. The number of nitrogens with zero attached hydrogens (tertiary/aromatic N) is 3. The van der Waals surface area contributed by atoms with Gasteiger partial charge in [0.05, 0.1) is 11.2 Å². The van der Waals surface area contributed by atoms with Gasteiger partial charge in [-0.2, -0.15) is 0 Å². The molecule has 0 radical (unpaired) electrons. The molecule has 4 aromatic rings. The number of fused-ring (bicyclic) bond motifs is 1. The van der Waals surface area contributed by atoms with Crippen LogP contribution >= 0.6 is 11.6 Å². The molecule has 0 bridgehead atoms. The van der Waals surface area contributed by atoms with Crippen molar-refractivity contribution in [2.24, 2.45) is 0 Å². The van der Waals surface area contributed by atoms with E-state index in [0.717, 1.165) is 33.4 Å². The van der Waals surface area contributed by atoms with Crippen LogP contribution in [0.15, 0.2) is 72.9 Å². The zero-order valence-corrected chi connectivity index (χ0v) is 12.9. The Morgan fingerprint density at radius 2 is 1.48 bits per heavy atom. The monoisotopic (exact) mass is 317 g/mol. The van der Waals surface area contributed by atoms with E-state index < -0.39 is 0 Å². The molecular weight excluding hydrogens is 306 g/mol. The topological polar surface area (TPSA) is 38.7 Å². The van der Waals surface area contributed by atoms with Gasteiger partial charge < -0.3 is 0 Å². The van der Waals surface area contributed by atoms with Crippen molar-refractivity contribution in [1.29, 1.82) is 0 Å². The highest BCUT2D eigenvalue weighted by Gasteiger charge is 2.10. The fourth-order valence-electron chi connectivity index (χ4n) is 2.58. The van der Waals surface area contributed by atoms with Crippen molar-refractivity contribution in [3.05, 3.63) is 78.2 Å². The van der Waals surface area contributed by atoms with Gasteiger partial charge in [0, 0.05) is 17.1 Å². The highest BCUT2D eigenvalue weighted by molar-refractivity contribution is 6.28. The van der Waals surface area contributed by atoms with Crippen LogP contribution in [0.4, 0.5) is 0 Å². The first-order chi connectivity index (χ1) is 11.3. The van der Waals surface area contributed by atoms with Crippen LogP contribution in [-0.2, 0) is 0 Å². The molecule has 0 unspecified atom stereocenters. The Balaban J connectivity index is 1.83. The summed E-state index contributed by atoms with van der Waals surface area (Å²) in [5, 5.41) is 1.17. The Kier molecular flexibility index (Phi) is 3.48. The van der Waals surface area contributed by atoms with Crippen LogP contribution in [0.5, 0.6) is 0 Å². The molecule has 0 N–H and O–H groups in total. The van der Waals surface area contributed by atoms with E-state index in [1.54, 1.807) is 0 Å². The molecule has 0 aliphatic rings. The summed E-state index contributed by atoms with van der Waals surface area (Å²) >= 11 is 6.05. The summed E-state index contributed by atoms with van der Waals surface area (Å²) in [6.45, 7) is 0. The van der Waals surface area contributed by atoms with Crippen molar-refractivity contribution in [2.75, 3.05) is 0 Å². The molecule has 0 aliphatic carbocycles. The van der Waals surface area contributed by atoms with E-state index in [1.165, 1.54) is 0 Å². The first-order valence-corrected chi connectivity index (χ1v) is 7.63. The van der Waals surface area contributed by atoms with Gasteiger partial charge in [0.1, 0.15) is 5.69 Å². The summed E-state index contributed by atoms with van der Waals surface area (Å²) in [6, 6.07) is 22.0. The van der Waals surface area contributed by atoms with Crippen molar-refractivity contribution < 1.29 is 0 Å². The summed E-state index contributed by atoms with van der Waals surface area (Å²) in [5.41, 5.74) is 4.55. The lowest BCUT2D eigenvalue weighted by molar-refractivity contribution is 1.20. The molecule has 4 heteroatoms. The highest BCUT2D eigenvalue weighted by atomic mass is 35.5. The second-order valence-corrected chi connectivity index (χ2v) is 5.49. The predicted octanol–water partition coefficient (Wildman–Crippen LogP) is 5.01. The van der Waals surface area contributed by atoms with E-state index in [1.807, 2.05) is 60.8 Å². The first kappa shape index (κ1) is 13.9. The number of aromatic nitrogens is 3. The van der Waals surface area contributed by atoms with Crippen LogP contribution in [0.3, 0.4) is 0 Å². The third-order valence-electron chi connectivity index (χ3n) is 3.69. The predicted molar refractivity (Wildman–Crippen MR) is 93.2 cm³/mol. The van der Waals surface area contributed by atoms with Crippen molar-refractivity contribution in [1.82, 2.24) is 15.0 Å². The maximum Gasteiger partial charge on any atom is 0.223 e. The Labute approximate surface area is 138 Å². The summed E-state index contributed by atoms with van der Waals surface area (Å²) in [7, 11) is 0. The highest BCUT2D eigenvalue weighted by Crippen LogP contribution is 2.27. The Morgan fingerprint density at radius 1 is 0.696 bits per heavy atom. The fraction of sp³-hybridized carbons (Fsp3) is 0. The molecule has 4 rings (SSSR count). The van der Waals surface area contributed by atoms with Crippen LogP contribution in [0.25, 0.3) is 33.4 Å². The van der Waals surface area contributed by atoms with Gasteiger partial charge in [-0.3, -0.25) is 4.98 Å². The SMILES string of the molecule is Clc1nc(-c2ccc(-c3ccccc3)cn2)c2ccccc2n1. The largest absolute Gasteiger partial charge is 0.254 e. The number of benzene rings is 2. The third kappa shape index (κ3) is 2.67. The Bertz CT molecular complexity index is 967. The van der Waals surface area contributed by atoms with E-state index in [0.29, 0.717) is 0 Å². The lowest BCUT2D eigenvalue weighted by Gasteiger charge is -2.07. The molecular formula is C19H12ClN3. The molecule has 0 aliphatic heterocycles. The zero-order chi connectivity index (χ0) is 15.6. The number of hydrogen-bond donors (Lipinski definition) is 0. The number of para-hydroxylation sites is 1. The maximum absolute atomic E-state index is 6.05. The van der Waals surface area contributed by atoms with Crippen molar-refractivity contribution in [3.8, 4) is 22.5 Å². The maximum atomic E-state index is 6.05. The summed E-state index contributed by atoms with van der Waals surface area (Å²) in [6.07, 6.45) is 1.86. The molecule has 0 saturated carbocycles. The molecule has 3 nitrogen and oxygen atoms in total. The summed E-state index contributed by atoms with van der Waals surface area (Å²) < 4.78 is 0. The van der Waals surface area contributed by atoms with Gasteiger partial charge in [-0.15, -0.1) is 0 Å². The number of halogens is 1. The van der Waals surface area contributed by atoms with Gasteiger partial charge in [-0.05, 0) is 29.3 Å². The van der Waals surface area contributed by atoms with E-state index >= 15 is 0 Å². The molecule has 2 aromatic carbocycles. The Hall–Kier alpha value is -2.78. The summed E-state index contributed by atoms with van der Waals surface area (Å²) in [5.74, 6) is 0. The zero-order valence-electron chi connectivity index (χ0n) is 12.1. The van der Waals surface area contributed by atoms with Crippen LogP contribution in [0, 0.1) is 0 Å². The van der Waals surface area contributed by atoms with Gasteiger partial charge in [0.2, 0.25) is 5.28 Å². The molecule has 0 atom stereocenters. The molecule has 0 fully saturated rings. The minimum atomic E-state index is 0.229. The average molecular weight is 318 g/mol. The van der Waals surface area contributed by atoms with Gasteiger partial charge in [-0.25, -0.2) is 9.97 Å². The normalized spacial score (nSPS) is 10.8. The van der Waals surface area contributed by atoms with Gasteiger partial charge >= 0.3 is 0 Å². The second-order valence-electron chi connectivity index (χ2n) is 5.16. The second kappa shape index (κ2) is 5.78.